The zero-order chi connectivity index (χ0) is 23.0. The average molecular weight is 434 g/mol. The molecule has 0 spiro atoms. The smallest absolute Gasteiger partial charge is 0.407 e. The molecule has 1 aliphatic rings. The summed E-state index contributed by atoms with van der Waals surface area (Å²) in [6, 6.07) is 12.2. The third kappa shape index (κ3) is 4.10. The van der Waals surface area contributed by atoms with Crippen LogP contribution in [0.5, 0.6) is 0 Å². The monoisotopic (exact) mass is 434 g/mol. The molecule has 166 valence electrons. The maximum absolute atomic E-state index is 12.4. The summed E-state index contributed by atoms with van der Waals surface area (Å²) in [7, 11) is 0. The van der Waals surface area contributed by atoms with Crippen molar-refractivity contribution in [2.45, 2.75) is 52.3 Å². The fourth-order valence-electron chi connectivity index (χ4n) is 4.31. The lowest BCUT2D eigenvalue weighted by atomic mass is 9.89. The number of anilines is 1. The van der Waals surface area contributed by atoms with Gasteiger partial charge in [0.05, 0.1) is 23.8 Å². The van der Waals surface area contributed by atoms with Crippen LogP contribution >= 0.6 is 0 Å². The highest BCUT2D eigenvalue weighted by molar-refractivity contribution is 5.94. The van der Waals surface area contributed by atoms with Gasteiger partial charge in [0.1, 0.15) is 5.58 Å². The van der Waals surface area contributed by atoms with E-state index in [0.717, 1.165) is 22.4 Å². The molecule has 2 atom stereocenters. The molecule has 3 aromatic rings. The maximum Gasteiger partial charge on any atom is 0.407 e. The molecule has 0 saturated heterocycles. The molecule has 0 saturated carbocycles. The molecule has 4 rings (SSSR count). The van der Waals surface area contributed by atoms with E-state index in [1.807, 2.05) is 31.2 Å². The number of nitrogens with one attached hydrogen (secondary N) is 1. The van der Waals surface area contributed by atoms with Crippen molar-refractivity contribution in [3.8, 4) is 11.1 Å². The van der Waals surface area contributed by atoms with Gasteiger partial charge in [0, 0.05) is 24.7 Å². The van der Waals surface area contributed by atoms with E-state index < -0.39 is 6.09 Å². The molecule has 0 bridgehead atoms. The number of hydrogen-bond donors (Lipinski definition) is 1. The topological polar surface area (TPSA) is 88.9 Å². The molecule has 0 radical (unpaired) electrons. The van der Waals surface area contributed by atoms with E-state index in [1.165, 1.54) is 19.3 Å². The third-order valence-corrected chi connectivity index (χ3v) is 5.65. The predicted molar refractivity (Wildman–Crippen MR) is 123 cm³/mol. The number of fused-ring (bicyclic) bond motifs is 2. The lowest BCUT2D eigenvalue weighted by Crippen LogP contribution is -2.45. The first-order valence-electron chi connectivity index (χ1n) is 10.7. The first kappa shape index (κ1) is 21.6. The number of ether oxygens (including phenoxy) is 1. The third-order valence-electron chi connectivity index (χ3n) is 5.65. The second kappa shape index (κ2) is 8.49. The summed E-state index contributed by atoms with van der Waals surface area (Å²) in [5.74, 6) is -0.0574. The summed E-state index contributed by atoms with van der Waals surface area (Å²) < 4.78 is 10.7. The number of alkyl carbamates (subject to hydrolysis) is 1. The second-order valence-electron chi connectivity index (χ2n) is 8.39. The van der Waals surface area contributed by atoms with Crippen molar-refractivity contribution in [1.82, 2.24) is 5.32 Å². The molecule has 32 heavy (non-hydrogen) atoms. The van der Waals surface area contributed by atoms with Gasteiger partial charge in [-0.2, -0.15) is 0 Å². The van der Waals surface area contributed by atoms with E-state index in [-0.39, 0.29) is 29.5 Å². The minimum atomic E-state index is -0.492. The van der Waals surface area contributed by atoms with E-state index in [1.54, 1.807) is 30.9 Å². The molecule has 7 nitrogen and oxygen atoms in total. The van der Waals surface area contributed by atoms with Crippen molar-refractivity contribution < 1.29 is 18.7 Å². The van der Waals surface area contributed by atoms with Gasteiger partial charge in [0.15, 0.2) is 5.43 Å². The van der Waals surface area contributed by atoms with Crippen LogP contribution in [0.3, 0.4) is 0 Å². The summed E-state index contributed by atoms with van der Waals surface area (Å²) in [6.07, 6.45) is 1.21. The Morgan fingerprint density at radius 1 is 1.12 bits per heavy atom. The Hall–Kier alpha value is -3.61. The highest BCUT2D eigenvalue weighted by Gasteiger charge is 2.33. The molecule has 1 aromatic heterocycles. The summed E-state index contributed by atoms with van der Waals surface area (Å²) in [6.45, 7) is 7.09. The molecule has 1 N–H and O–H groups in total. The van der Waals surface area contributed by atoms with Crippen LogP contribution in [0.2, 0.25) is 0 Å². The molecule has 2 amide bonds. The average Bonchev–Trinajstić information content (AvgIpc) is 2.72. The van der Waals surface area contributed by atoms with E-state index in [2.05, 4.69) is 5.32 Å². The van der Waals surface area contributed by atoms with Crippen molar-refractivity contribution in [3.63, 3.8) is 0 Å². The molecule has 2 heterocycles. The van der Waals surface area contributed by atoms with Gasteiger partial charge in [0.25, 0.3) is 0 Å². The number of carbonyl (C=O) groups is 2. The van der Waals surface area contributed by atoms with Crippen LogP contribution in [0.15, 0.2) is 57.9 Å². The summed E-state index contributed by atoms with van der Waals surface area (Å²) >= 11 is 0. The minimum absolute atomic E-state index is 0.0574. The SMILES string of the molecule is CC(=O)N1c2ccc(-c3ccc4occc(=O)c4c3)cc2[C@H](NC(=O)OC(C)C)C[C@@H]1C. The van der Waals surface area contributed by atoms with Gasteiger partial charge >= 0.3 is 6.09 Å². The minimum Gasteiger partial charge on any atom is -0.464 e. The summed E-state index contributed by atoms with van der Waals surface area (Å²) in [5.41, 5.74) is 3.71. The van der Waals surface area contributed by atoms with Crippen LogP contribution in [0.4, 0.5) is 10.5 Å². The van der Waals surface area contributed by atoms with Gasteiger partial charge in [-0.1, -0.05) is 12.1 Å². The van der Waals surface area contributed by atoms with Crippen molar-refractivity contribution in [3.05, 3.63) is 64.5 Å². The van der Waals surface area contributed by atoms with Crippen molar-refractivity contribution >= 4 is 28.7 Å². The van der Waals surface area contributed by atoms with Crippen LogP contribution in [0, 0.1) is 0 Å². The van der Waals surface area contributed by atoms with Crippen LogP contribution in [-0.4, -0.2) is 24.1 Å². The summed E-state index contributed by atoms with van der Waals surface area (Å²) in [5, 5.41) is 3.45. The Morgan fingerprint density at radius 2 is 1.84 bits per heavy atom. The first-order valence-corrected chi connectivity index (χ1v) is 10.7. The highest BCUT2D eigenvalue weighted by atomic mass is 16.6. The number of rotatable bonds is 3. The lowest BCUT2D eigenvalue weighted by molar-refractivity contribution is -0.117. The highest BCUT2D eigenvalue weighted by Crippen LogP contribution is 2.40. The van der Waals surface area contributed by atoms with Gasteiger partial charge < -0.3 is 19.4 Å². The molecule has 1 aliphatic heterocycles. The molecule has 0 aliphatic carbocycles. The van der Waals surface area contributed by atoms with Crippen LogP contribution < -0.4 is 15.6 Å². The van der Waals surface area contributed by atoms with Crippen LogP contribution in [0.1, 0.15) is 45.7 Å². The summed E-state index contributed by atoms with van der Waals surface area (Å²) in [4.78, 5) is 38.7. The van der Waals surface area contributed by atoms with Crippen molar-refractivity contribution in [2.75, 3.05) is 4.90 Å². The zero-order valence-electron chi connectivity index (χ0n) is 18.5. The Balaban J connectivity index is 1.79. The Kier molecular flexibility index (Phi) is 5.74. The van der Waals surface area contributed by atoms with Gasteiger partial charge in [-0.15, -0.1) is 0 Å². The van der Waals surface area contributed by atoms with E-state index >= 15 is 0 Å². The fourth-order valence-corrected chi connectivity index (χ4v) is 4.31. The second-order valence-corrected chi connectivity index (χ2v) is 8.39. The molecule has 0 unspecified atom stereocenters. The largest absolute Gasteiger partial charge is 0.464 e. The van der Waals surface area contributed by atoms with Crippen LogP contribution in [0.25, 0.3) is 22.1 Å². The Morgan fingerprint density at radius 3 is 2.56 bits per heavy atom. The van der Waals surface area contributed by atoms with E-state index in [4.69, 9.17) is 9.15 Å². The fraction of sp³-hybridized carbons (Fsp3) is 0.320. The van der Waals surface area contributed by atoms with Crippen molar-refractivity contribution in [2.24, 2.45) is 0 Å². The number of hydrogen-bond acceptors (Lipinski definition) is 5. The molecule has 7 heteroatoms. The quantitative estimate of drug-likeness (QED) is 0.641. The maximum atomic E-state index is 12.4. The zero-order valence-corrected chi connectivity index (χ0v) is 18.5. The number of benzene rings is 2. The molecule has 0 fully saturated rings. The molecular formula is C25H26N2O5. The molecule has 2 aromatic carbocycles. The van der Waals surface area contributed by atoms with Crippen molar-refractivity contribution in [1.29, 1.82) is 0 Å². The Labute approximate surface area is 186 Å². The predicted octanol–water partition coefficient (Wildman–Crippen LogP) is 4.78. The normalized spacial score (nSPS) is 17.8. The van der Waals surface area contributed by atoms with Gasteiger partial charge in [-0.3, -0.25) is 9.59 Å². The van der Waals surface area contributed by atoms with Crippen LogP contribution in [-0.2, 0) is 9.53 Å². The van der Waals surface area contributed by atoms with Gasteiger partial charge in [-0.05, 0) is 68.1 Å². The number of amides is 2. The standard InChI is InChI=1S/C25H26N2O5/c1-14(2)32-25(30)26-21-11-15(3)27(16(4)28)22-7-5-17(12-19(21)22)18-6-8-24-20(13-18)23(29)9-10-31-24/h5-10,12-15,21H,11H2,1-4H3,(H,26,30)/t15-,21+/m0/s1. The van der Waals surface area contributed by atoms with E-state index in [0.29, 0.717) is 17.4 Å². The Bertz CT molecular complexity index is 1250. The molecular weight excluding hydrogens is 408 g/mol. The number of carbonyl (C=O) groups excluding carboxylic acids is 2. The van der Waals surface area contributed by atoms with E-state index in [9.17, 15) is 14.4 Å². The van der Waals surface area contributed by atoms with Gasteiger partial charge in [-0.25, -0.2) is 4.79 Å². The first-order chi connectivity index (χ1) is 15.2. The lowest BCUT2D eigenvalue weighted by Gasteiger charge is -2.39. The number of nitrogens with zero attached hydrogens (tertiary/aromatic N) is 1. The van der Waals surface area contributed by atoms with Gasteiger partial charge in [0.2, 0.25) is 5.91 Å².